The molecule has 0 spiro atoms. The summed E-state index contributed by atoms with van der Waals surface area (Å²) < 4.78 is 0. The third-order valence-corrected chi connectivity index (χ3v) is 5.37. The van der Waals surface area contributed by atoms with Crippen molar-refractivity contribution in [3.63, 3.8) is 0 Å². The van der Waals surface area contributed by atoms with Crippen molar-refractivity contribution in [1.29, 1.82) is 0 Å². The van der Waals surface area contributed by atoms with Crippen molar-refractivity contribution < 1.29 is 9.59 Å². The average Bonchev–Trinajstić information content (AvgIpc) is 3.08. The number of hydrogen-bond donors (Lipinski definition) is 2. The fraction of sp³-hybridized carbons (Fsp3) is 0.364. The van der Waals surface area contributed by atoms with E-state index in [1.807, 2.05) is 6.07 Å². The van der Waals surface area contributed by atoms with E-state index in [0.29, 0.717) is 6.42 Å². The lowest BCUT2D eigenvalue weighted by molar-refractivity contribution is -0.119. The molecule has 1 saturated heterocycles. The van der Waals surface area contributed by atoms with E-state index in [4.69, 9.17) is 0 Å². The number of fused-ring (bicyclic) bond motifs is 1. The summed E-state index contributed by atoms with van der Waals surface area (Å²) in [6.07, 6.45) is 3.66. The Labute approximate surface area is 159 Å². The van der Waals surface area contributed by atoms with Gasteiger partial charge in [0.2, 0.25) is 11.8 Å². The second-order valence-corrected chi connectivity index (χ2v) is 7.45. The Balaban J connectivity index is 1.47. The van der Waals surface area contributed by atoms with Crippen molar-refractivity contribution in [2.24, 2.45) is 0 Å². The summed E-state index contributed by atoms with van der Waals surface area (Å²) in [7, 11) is 0. The molecule has 2 aliphatic rings. The number of benzene rings is 2. The van der Waals surface area contributed by atoms with Crippen molar-refractivity contribution in [1.82, 2.24) is 5.32 Å². The van der Waals surface area contributed by atoms with Crippen molar-refractivity contribution in [3.05, 3.63) is 59.2 Å². The monoisotopic (exact) mass is 363 g/mol. The first kappa shape index (κ1) is 17.6. The summed E-state index contributed by atoms with van der Waals surface area (Å²) in [5, 5.41) is 5.89. The van der Waals surface area contributed by atoms with Crippen LogP contribution in [0.4, 0.5) is 11.4 Å². The minimum atomic E-state index is -0.0406. The highest BCUT2D eigenvalue weighted by Gasteiger charge is 2.22. The maximum atomic E-state index is 11.4. The fourth-order valence-electron chi connectivity index (χ4n) is 4.06. The van der Waals surface area contributed by atoms with Crippen molar-refractivity contribution in [3.8, 4) is 0 Å². The van der Waals surface area contributed by atoms with Gasteiger partial charge in [0, 0.05) is 37.8 Å². The number of amides is 2. The Bertz CT molecular complexity index is 860. The van der Waals surface area contributed by atoms with E-state index < -0.39 is 0 Å². The molecule has 2 amide bonds. The van der Waals surface area contributed by atoms with Crippen LogP contribution in [0.1, 0.15) is 48.9 Å². The van der Waals surface area contributed by atoms with Crippen LogP contribution < -0.4 is 15.5 Å². The van der Waals surface area contributed by atoms with Crippen LogP contribution >= 0.6 is 0 Å². The number of nitrogens with zero attached hydrogens (tertiary/aromatic N) is 1. The van der Waals surface area contributed by atoms with Gasteiger partial charge < -0.3 is 15.5 Å². The second kappa shape index (κ2) is 7.43. The Morgan fingerprint density at radius 2 is 2.00 bits per heavy atom. The first-order valence-electron chi connectivity index (χ1n) is 9.62. The Kier molecular flexibility index (Phi) is 4.84. The van der Waals surface area contributed by atoms with Gasteiger partial charge in [0.1, 0.15) is 0 Å². The predicted octanol–water partition coefficient (Wildman–Crippen LogP) is 3.55. The van der Waals surface area contributed by atoms with Crippen LogP contribution in [0.3, 0.4) is 0 Å². The van der Waals surface area contributed by atoms with Gasteiger partial charge in [-0.25, -0.2) is 0 Å². The molecule has 2 N–H and O–H groups in total. The Morgan fingerprint density at radius 1 is 1.19 bits per heavy atom. The van der Waals surface area contributed by atoms with Crippen LogP contribution in [-0.4, -0.2) is 18.4 Å². The third-order valence-electron chi connectivity index (χ3n) is 5.37. The van der Waals surface area contributed by atoms with E-state index in [1.54, 1.807) is 0 Å². The van der Waals surface area contributed by atoms with Gasteiger partial charge >= 0.3 is 0 Å². The highest BCUT2D eigenvalue weighted by atomic mass is 16.2. The fourth-order valence-corrected chi connectivity index (χ4v) is 4.06. The topological polar surface area (TPSA) is 61.4 Å². The Morgan fingerprint density at radius 3 is 2.70 bits per heavy atom. The van der Waals surface area contributed by atoms with Gasteiger partial charge in [-0.15, -0.1) is 0 Å². The van der Waals surface area contributed by atoms with Gasteiger partial charge in [-0.2, -0.15) is 0 Å². The number of nitrogens with one attached hydrogen (secondary N) is 2. The molecular formula is C22H25N3O2. The summed E-state index contributed by atoms with van der Waals surface area (Å²) in [4.78, 5) is 25.1. The molecule has 1 atom stereocenters. The largest absolute Gasteiger partial charge is 0.367 e. The van der Waals surface area contributed by atoms with Gasteiger partial charge in [-0.05, 0) is 54.2 Å². The van der Waals surface area contributed by atoms with Crippen LogP contribution in [0.25, 0.3) is 0 Å². The average molecular weight is 363 g/mol. The summed E-state index contributed by atoms with van der Waals surface area (Å²) in [6, 6.07) is 14.9. The lowest BCUT2D eigenvalue weighted by atomic mass is 9.99. The standard InChI is InChI=1S/C22H25N3O2/c1-15(26)23-19-8-10-21-18(13-19)3-2-12-25(21)14-16-4-6-17(7-5-16)20-9-11-22(27)24-20/h4-8,10,13,20H,2-3,9,11-12,14H2,1H3,(H,23,26)(H,24,27). The predicted molar refractivity (Wildman–Crippen MR) is 107 cm³/mol. The molecule has 0 aliphatic carbocycles. The molecule has 0 bridgehead atoms. The molecule has 5 nitrogen and oxygen atoms in total. The lowest BCUT2D eigenvalue weighted by Gasteiger charge is -2.32. The first-order valence-corrected chi connectivity index (χ1v) is 9.62. The molecule has 1 fully saturated rings. The minimum absolute atomic E-state index is 0.0406. The van der Waals surface area contributed by atoms with E-state index in [-0.39, 0.29) is 17.9 Å². The number of hydrogen-bond acceptors (Lipinski definition) is 3. The number of aryl methyl sites for hydroxylation is 1. The molecule has 0 saturated carbocycles. The van der Waals surface area contributed by atoms with Gasteiger partial charge in [0.25, 0.3) is 0 Å². The first-order chi connectivity index (χ1) is 13.1. The van der Waals surface area contributed by atoms with E-state index in [1.165, 1.54) is 29.3 Å². The number of carbonyl (C=O) groups excluding carboxylic acids is 2. The Hall–Kier alpha value is -2.82. The van der Waals surface area contributed by atoms with Gasteiger partial charge in [0.15, 0.2) is 0 Å². The van der Waals surface area contributed by atoms with Gasteiger partial charge in [-0.1, -0.05) is 24.3 Å². The molecule has 5 heteroatoms. The normalized spacial score (nSPS) is 18.8. The van der Waals surface area contributed by atoms with Crippen molar-refractivity contribution in [2.45, 2.75) is 45.2 Å². The van der Waals surface area contributed by atoms with Crippen LogP contribution in [0, 0.1) is 0 Å². The maximum Gasteiger partial charge on any atom is 0.221 e. The molecule has 1 unspecified atom stereocenters. The molecule has 140 valence electrons. The molecule has 4 rings (SSSR count). The quantitative estimate of drug-likeness (QED) is 0.873. The van der Waals surface area contributed by atoms with Gasteiger partial charge in [-0.3, -0.25) is 9.59 Å². The maximum absolute atomic E-state index is 11.4. The third kappa shape index (κ3) is 3.97. The summed E-state index contributed by atoms with van der Waals surface area (Å²) in [6.45, 7) is 3.43. The van der Waals surface area contributed by atoms with Crippen molar-refractivity contribution >= 4 is 23.2 Å². The van der Waals surface area contributed by atoms with Crippen molar-refractivity contribution in [2.75, 3.05) is 16.8 Å². The number of anilines is 2. The van der Waals surface area contributed by atoms with E-state index in [2.05, 4.69) is 51.9 Å². The summed E-state index contributed by atoms with van der Waals surface area (Å²) in [5.41, 5.74) is 5.86. The van der Waals surface area contributed by atoms with Crippen LogP contribution in [0.5, 0.6) is 0 Å². The van der Waals surface area contributed by atoms with E-state index in [9.17, 15) is 9.59 Å². The van der Waals surface area contributed by atoms with Gasteiger partial charge in [0.05, 0.1) is 6.04 Å². The molecule has 2 aromatic carbocycles. The minimum Gasteiger partial charge on any atom is -0.367 e. The number of carbonyl (C=O) groups is 2. The van der Waals surface area contributed by atoms with Crippen LogP contribution in [-0.2, 0) is 22.6 Å². The molecule has 2 heterocycles. The number of rotatable bonds is 4. The highest BCUT2D eigenvalue weighted by Crippen LogP contribution is 2.31. The summed E-state index contributed by atoms with van der Waals surface area (Å²) >= 11 is 0. The molecule has 27 heavy (non-hydrogen) atoms. The highest BCUT2D eigenvalue weighted by molar-refractivity contribution is 5.89. The zero-order valence-electron chi connectivity index (χ0n) is 15.6. The smallest absolute Gasteiger partial charge is 0.221 e. The van der Waals surface area contributed by atoms with E-state index >= 15 is 0 Å². The second-order valence-electron chi connectivity index (χ2n) is 7.45. The molecule has 2 aromatic rings. The SMILES string of the molecule is CC(=O)Nc1ccc2c(c1)CCCN2Cc1ccc(C2CCC(=O)N2)cc1. The zero-order chi connectivity index (χ0) is 18.8. The molecular weight excluding hydrogens is 338 g/mol. The lowest BCUT2D eigenvalue weighted by Crippen LogP contribution is -2.29. The molecule has 2 aliphatic heterocycles. The molecule has 0 aromatic heterocycles. The van der Waals surface area contributed by atoms with Crippen LogP contribution in [0.15, 0.2) is 42.5 Å². The summed E-state index contributed by atoms with van der Waals surface area (Å²) in [5.74, 6) is 0.105. The van der Waals surface area contributed by atoms with E-state index in [0.717, 1.165) is 38.0 Å². The zero-order valence-corrected chi connectivity index (χ0v) is 15.6. The van der Waals surface area contributed by atoms with Crippen LogP contribution in [0.2, 0.25) is 0 Å². The molecule has 0 radical (unpaired) electrons.